The Bertz CT molecular complexity index is 2980. The number of rotatable bonds is 18. The quantitative estimate of drug-likeness (QED) is 0.0406. The molecule has 4 aliphatic carbocycles. The van der Waals surface area contributed by atoms with Gasteiger partial charge in [-0.1, -0.05) is 87.4 Å². The van der Waals surface area contributed by atoms with Gasteiger partial charge in [-0.25, -0.2) is 0 Å². The van der Waals surface area contributed by atoms with Crippen molar-refractivity contribution < 1.29 is 42.8 Å². The van der Waals surface area contributed by atoms with Crippen LogP contribution in [0.4, 0.5) is 0 Å². The van der Waals surface area contributed by atoms with E-state index in [0.29, 0.717) is 39.1 Å². The predicted molar refractivity (Wildman–Crippen MR) is 283 cm³/mol. The Morgan fingerprint density at radius 3 is 1.47 bits per heavy atom. The zero-order valence-corrected chi connectivity index (χ0v) is 44.4. The van der Waals surface area contributed by atoms with Crippen molar-refractivity contribution in [3.63, 3.8) is 0 Å². The van der Waals surface area contributed by atoms with Crippen LogP contribution in [0, 0.1) is 18.8 Å². The van der Waals surface area contributed by atoms with Crippen LogP contribution in [0.3, 0.4) is 0 Å². The lowest BCUT2D eigenvalue weighted by atomic mass is 9.82. The van der Waals surface area contributed by atoms with Gasteiger partial charge in [0.1, 0.15) is 30.1 Å². The summed E-state index contributed by atoms with van der Waals surface area (Å²) >= 11 is 0. The van der Waals surface area contributed by atoms with Crippen LogP contribution >= 0.6 is 0 Å². The van der Waals surface area contributed by atoms with Crippen molar-refractivity contribution in [1.82, 2.24) is 61.2 Å². The van der Waals surface area contributed by atoms with E-state index in [2.05, 4.69) is 51.4 Å². The van der Waals surface area contributed by atoms with Crippen molar-refractivity contribution in [3.8, 4) is 11.5 Å². The van der Waals surface area contributed by atoms with Crippen molar-refractivity contribution in [2.24, 2.45) is 11.8 Å². The number of benzene rings is 2. The standard InChI is InChI=1S/C29H37N5O5.C27H35N7O4/c1-18-31-25(39-33-18)17-34(29(37)27(35)23-16-30-24-15-21(38-2)13-14-22(23)24)26(19-9-5-3-6-10-19)28(36)32-20-11-7-4-8-12-20;1-38-19-12-13-20-21(15-28-22(20)14-19)25(35)27(37)34(16-23-30-32-33-31-23)24(17-8-4-2-5-9-17)26(36)29-18-10-6-3-7-11-18/h13-16,19-20,26,30H,3-12,17H2,1-2H3,(H,32,36);12-15,17-18,24,28H,2-11,16H2,1H3,(H,29,36)(H,30,31,32,33)/t26-;24-/m11/s1. The van der Waals surface area contributed by atoms with E-state index in [1.165, 1.54) is 35.0 Å². The summed E-state index contributed by atoms with van der Waals surface area (Å²) in [6.07, 6.45) is 22.9. The van der Waals surface area contributed by atoms with E-state index in [1.54, 1.807) is 57.5 Å². The fourth-order valence-corrected chi connectivity index (χ4v) is 12.1. The molecule has 10 rings (SSSR count). The van der Waals surface area contributed by atoms with Gasteiger partial charge in [0.2, 0.25) is 17.7 Å². The molecular weight excluding hydrogens is 985 g/mol. The number of hydrogen-bond donors (Lipinski definition) is 5. The number of carbonyl (C=O) groups excluding carboxylic acids is 6. The number of tetrazole rings is 1. The number of aromatic nitrogens is 8. The fourth-order valence-electron chi connectivity index (χ4n) is 12.1. The number of ether oxygens (including phenoxy) is 2. The first-order valence-corrected chi connectivity index (χ1v) is 27.6. The molecule has 6 aromatic rings. The van der Waals surface area contributed by atoms with Gasteiger partial charge in [0, 0.05) is 58.4 Å². The van der Waals surface area contributed by atoms with Crippen molar-refractivity contribution in [2.75, 3.05) is 14.2 Å². The van der Waals surface area contributed by atoms with Gasteiger partial charge < -0.3 is 44.4 Å². The molecule has 4 amide bonds. The van der Waals surface area contributed by atoms with Gasteiger partial charge in [-0.2, -0.15) is 10.2 Å². The summed E-state index contributed by atoms with van der Waals surface area (Å²) in [4.78, 5) is 96.5. The first kappa shape index (κ1) is 54.3. The lowest BCUT2D eigenvalue weighted by Crippen LogP contribution is -2.56. The van der Waals surface area contributed by atoms with Crippen LogP contribution < -0.4 is 20.1 Å². The van der Waals surface area contributed by atoms with Crippen LogP contribution in [0.5, 0.6) is 11.5 Å². The molecule has 4 fully saturated rings. The Morgan fingerprint density at radius 1 is 0.623 bits per heavy atom. The van der Waals surface area contributed by atoms with Crippen molar-refractivity contribution in [3.05, 3.63) is 77.5 Å². The molecule has 0 spiro atoms. The summed E-state index contributed by atoms with van der Waals surface area (Å²) in [6.45, 7) is 1.50. The third kappa shape index (κ3) is 13.0. The van der Waals surface area contributed by atoms with E-state index in [4.69, 9.17) is 14.0 Å². The van der Waals surface area contributed by atoms with Crippen LogP contribution in [0.25, 0.3) is 21.8 Å². The van der Waals surface area contributed by atoms with Gasteiger partial charge in [0.15, 0.2) is 11.6 Å². The Balaban J connectivity index is 0.000000188. The molecule has 4 aliphatic rings. The summed E-state index contributed by atoms with van der Waals surface area (Å²) < 4.78 is 15.9. The Hall–Kier alpha value is -7.45. The number of aryl methyl sites for hydroxylation is 1. The molecule has 0 bridgehead atoms. The molecule has 2 atom stereocenters. The summed E-state index contributed by atoms with van der Waals surface area (Å²) in [7, 11) is 3.14. The second-order valence-electron chi connectivity index (χ2n) is 21.2. The Labute approximate surface area is 447 Å². The van der Waals surface area contributed by atoms with E-state index in [9.17, 15) is 28.8 Å². The average Bonchev–Trinajstić information content (AvgIpc) is 4.32. The van der Waals surface area contributed by atoms with Crippen LogP contribution in [0.1, 0.15) is 167 Å². The average molecular weight is 1060 g/mol. The SMILES string of the molecule is COc1ccc2c(C(=O)C(=O)N(Cc3nc(C)no3)[C@@H](C(=O)NC3CCCCC3)C3CCCCC3)c[nH]c2c1.COc1ccc2c(C(=O)C(=O)N(Cc3nn[nH]n3)[C@@H](C(=O)NC3CCCCC3)C3CCCCC3)c[nH]c2c1. The number of nitrogens with zero attached hydrogens (tertiary/aromatic N) is 7. The maximum Gasteiger partial charge on any atom is 0.296 e. The number of fused-ring (bicyclic) bond motifs is 2. The summed E-state index contributed by atoms with van der Waals surface area (Å²) in [5.74, 6) is -1.23. The molecule has 4 heterocycles. The number of Topliss-reactive ketones (excluding diaryl/α,β-unsaturated/α-hetero) is 2. The smallest absolute Gasteiger partial charge is 0.296 e. The van der Waals surface area contributed by atoms with Crippen LogP contribution in [0.2, 0.25) is 0 Å². The second kappa shape index (κ2) is 25.6. The number of ketones is 2. The first-order chi connectivity index (χ1) is 37.5. The molecule has 5 N–H and O–H groups in total. The van der Waals surface area contributed by atoms with Gasteiger partial charge in [-0.15, -0.1) is 10.2 Å². The van der Waals surface area contributed by atoms with E-state index in [-0.39, 0.29) is 71.7 Å². The predicted octanol–water partition coefficient (Wildman–Crippen LogP) is 7.78. The van der Waals surface area contributed by atoms with Crippen LogP contribution in [-0.2, 0) is 32.3 Å². The number of aromatic amines is 3. The highest BCUT2D eigenvalue weighted by molar-refractivity contribution is 6.45. The molecular formula is C56H72N12O9. The highest BCUT2D eigenvalue weighted by atomic mass is 16.5. The number of nitrogens with one attached hydrogen (secondary N) is 5. The number of amides is 4. The molecule has 21 heteroatoms. The molecule has 410 valence electrons. The second-order valence-corrected chi connectivity index (χ2v) is 21.2. The van der Waals surface area contributed by atoms with Crippen molar-refractivity contribution in [1.29, 1.82) is 0 Å². The Kier molecular flexibility index (Phi) is 18.1. The summed E-state index contributed by atoms with van der Waals surface area (Å²) in [5, 5.41) is 25.6. The molecule has 4 saturated carbocycles. The van der Waals surface area contributed by atoms with Gasteiger partial charge in [0.25, 0.3) is 23.4 Å². The third-order valence-electron chi connectivity index (χ3n) is 16.1. The van der Waals surface area contributed by atoms with Gasteiger partial charge >= 0.3 is 0 Å². The lowest BCUT2D eigenvalue weighted by Gasteiger charge is -2.38. The van der Waals surface area contributed by atoms with Gasteiger partial charge in [-0.3, -0.25) is 28.8 Å². The topological polar surface area (TPSA) is 276 Å². The molecule has 77 heavy (non-hydrogen) atoms. The number of H-pyrrole nitrogens is 3. The maximum atomic E-state index is 14.1. The molecule has 0 radical (unpaired) electrons. The summed E-state index contributed by atoms with van der Waals surface area (Å²) in [6, 6.07) is 9.12. The molecule has 21 nitrogen and oxygen atoms in total. The molecule has 2 aromatic carbocycles. The highest BCUT2D eigenvalue weighted by Crippen LogP contribution is 2.34. The zero-order chi connectivity index (χ0) is 53.8. The number of carbonyl (C=O) groups is 6. The van der Waals surface area contributed by atoms with Crippen molar-refractivity contribution >= 4 is 57.0 Å². The minimum Gasteiger partial charge on any atom is -0.497 e. The van der Waals surface area contributed by atoms with E-state index >= 15 is 0 Å². The monoisotopic (exact) mass is 1060 g/mol. The van der Waals surface area contributed by atoms with Gasteiger partial charge in [0.05, 0.1) is 31.9 Å². The molecule has 0 aliphatic heterocycles. The van der Waals surface area contributed by atoms with Gasteiger partial charge in [-0.05, 0) is 94.4 Å². The molecule has 4 aromatic heterocycles. The van der Waals surface area contributed by atoms with E-state index in [0.717, 1.165) is 116 Å². The molecule has 0 saturated heterocycles. The van der Waals surface area contributed by atoms with E-state index in [1.807, 2.05) is 0 Å². The minimum absolute atomic E-state index is 0.0526. The lowest BCUT2D eigenvalue weighted by molar-refractivity contribution is -0.141. The zero-order valence-electron chi connectivity index (χ0n) is 44.4. The van der Waals surface area contributed by atoms with Crippen LogP contribution in [0.15, 0.2) is 53.3 Å². The normalized spacial score (nSPS) is 17.6. The highest BCUT2D eigenvalue weighted by Gasteiger charge is 2.43. The molecule has 0 unspecified atom stereocenters. The van der Waals surface area contributed by atoms with Crippen LogP contribution in [-0.4, -0.2) is 124 Å². The fraction of sp³-hybridized carbons (Fsp3) is 0.554. The van der Waals surface area contributed by atoms with Crippen molar-refractivity contribution in [2.45, 2.75) is 173 Å². The number of methoxy groups -OCH3 is 2. The summed E-state index contributed by atoms with van der Waals surface area (Å²) in [5.41, 5.74) is 1.87. The van der Waals surface area contributed by atoms with E-state index < -0.39 is 35.5 Å². The first-order valence-electron chi connectivity index (χ1n) is 27.6. The minimum atomic E-state index is -0.804. The largest absolute Gasteiger partial charge is 0.497 e. The Morgan fingerprint density at radius 2 is 1.06 bits per heavy atom. The third-order valence-corrected chi connectivity index (χ3v) is 16.1. The maximum absolute atomic E-state index is 14.1. The number of hydrogen-bond acceptors (Lipinski definition) is 14.